The van der Waals surface area contributed by atoms with Gasteiger partial charge < -0.3 is 10.0 Å². The van der Waals surface area contributed by atoms with E-state index in [4.69, 9.17) is 0 Å². The predicted molar refractivity (Wildman–Crippen MR) is 109 cm³/mol. The molecule has 0 aliphatic rings. The van der Waals surface area contributed by atoms with Gasteiger partial charge in [-0.05, 0) is 57.4 Å². The van der Waals surface area contributed by atoms with E-state index in [2.05, 4.69) is 42.6 Å². The van der Waals surface area contributed by atoms with E-state index in [-0.39, 0.29) is 0 Å². The number of hydrogen-bond donors (Lipinski definition) is 1. The molecular weight excluding hydrogens is 314 g/mol. The Bertz CT molecular complexity index is 459. The molecule has 0 spiro atoms. The lowest BCUT2D eigenvalue weighted by atomic mass is 10.0. The lowest BCUT2D eigenvalue weighted by molar-refractivity contribution is 0.384. The molecule has 0 atom stereocenters. The Balaban J connectivity index is 2.24. The average Bonchev–Trinajstić information content (AvgIpc) is 2.52. The highest BCUT2D eigenvalue weighted by atomic mass is 32.2. The molecule has 0 radical (unpaired) electrons. The van der Waals surface area contributed by atoms with Crippen LogP contribution >= 0.6 is 11.8 Å². The predicted octanol–water partition coefficient (Wildman–Crippen LogP) is 5.79. The first-order valence-electron chi connectivity index (χ1n) is 9.58. The molecular formula is C21H37NOS. The van der Waals surface area contributed by atoms with Crippen LogP contribution in [0.2, 0.25) is 0 Å². The molecule has 1 rings (SSSR count). The summed E-state index contributed by atoms with van der Waals surface area (Å²) in [4.78, 5) is 2.11. The van der Waals surface area contributed by atoms with Crippen molar-refractivity contribution in [2.45, 2.75) is 71.8 Å². The third-order valence-electron chi connectivity index (χ3n) is 4.28. The van der Waals surface area contributed by atoms with Crippen molar-refractivity contribution in [1.82, 2.24) is 4.90 Å². The van der Waals surface area contributed by atoms with Crippen molar-refractivity contribution in [3.8, 4) is 5.75 Å². The van der Waals surface area contributed by atoms with Crippen LogP contribution in [0.5, 0.6) is 5.75 Å². The van der Waals surface area contributed by atoms with E-state index in [1.807, 2.05) is 14.1 Å². The summed E-state index contributed by atoms with van der Waals surface area (Å²) in [5.41, 5.74) is 3.42. The Morgan fingerprint density at radius 2 is 1.54 bits per heavy atom. The van der Waals surface area contributed by atoms with E-state index in [1.165, 1.54) is 55.6 Å². The van der Waals surface area contributed by atoms with Crippen LogP contribution in [-0.4, -0.2) is 35.6 Å². The number of phenolic OH excluding ortho intramolecular Hbond substituents is 1. The summed E-state index contributed by atoms with van der Waals surface area (Å²) < 4.78 is 0. The van der Waals surface area contributed by atoms with Crippen LogP contribution in [0.25, 0.3) is 0 Å². The molecule has 1 N–H and O–H groups in total. The van der Waals surface area contributed by atoms with Crippen LogP contribution in [0.3, 0.4) is 0 Å². The fourth-order valence-electron chi connectivity index (χ4n) is 3.04. The Morgan fingerprint density at radius 3 is 2.25 bits per heavy atom. The number of rotatable bonds is 13. The van der Waals surface area contributed by atoms with Gasteiger partial charge in [-0.15, -0.1) is 0 Å². The minimum absolute atomic E-state index is 0.509. The van der Waals surface area contributed by atoms with Gasteiger partial charge in [0.1, 0.15) is 5.75 Å². The van der Waals surface area contributed by atoms with E-state index in [0.29, 0.717) is 5.75 Å². The highest BCUT2D eigenvalue weighted by Crippen LogP contribution is 2.27. The normalized spacial score (nSPS) is 11.4. The van der Waals surface area contributed by atoms with Crippen LogP contribution in [0.15, 0.2) is 12.1 Å². The van der Waals surface area contributed by atoms with E-state index in [0.717, 1.165) is 30.5 Å². The minimum atomic E-state index is 0.509. The van der Waals surface area contributed by atoms with E-state index in [1.54, 1.807) is 0 Å². The third-order valence-corrected chi connectivity index (χ3v) is 5.43. The fourth-order valence-corrected chi connectivity index (χ4v) is 4.00. The molecule has 24 heavy (non-hydrogen) atoms. The molecule has 0 aliphatic heterocycles. The molecule has 0 fully saturated rings. The molecule has 0 bridgehead atoms. The summed E-state index contributed by atoms with van der Waals surface area (Å²) in [5, 5.41) is 10.5. The number of hydrogen-bond acceptors (Lipinski definition) is 3. The molecule has 0 unspecified atom stereocenters. The third kappa shape index (κ3) is 8.98. The van der Waals surface area contributed by atoms with Gasteiger partial charge in [-0.1, -0.05) is 56.7 Å². The smallest absolute Gasteiger partial charge is 0.123 e. The quantitative estimate of drug-likeness (QED) is 0.455. The lowest BCUT2D eigenvalue weighted by Gasteiger charge is -2.15. The summed E-state index contributed by atoms with van der Waals surface area (Å²) in [6.07, 6.45) is 10.4. The highest BCUT2D eigenvalue weighted by molar-refractivity contribution is 7.99. The summed E-state index contributed by atoms with van der Waals surface area (Å²) in [5.74, 6) is 3.00. The summed E-state index contributed by atoms with van der Waals surface area (Å²) >= 11 is 2.07. The van der Waals surface area contributed by atoms with Crippen molar-refractivity contribution in [1.29, 1.82) is 0 Å². The zero-order chi connectivity index (χ0) is 17.8. The SMILES string of the molecule is CCCCCCCCSCCCc1cc(C)cc(CN(C)C)c1O. The first-order valence-corrected chi connectivity index (χ1v) is 10.7. The van der Waals surface area contributed by atoms with Crippen molar-refractivity contribution >= 4 is 11.8 Å². The zero-order valence-electron chi connectivity index (χ0n) is 16.2. The molecule has 0 aromatic heterocycles. The standard InChI is InChI=1S/C21H37NOS/c1-5-6-7-8-9-10-13-24-14-11-12-19-15-18(2)16-20(21(19)23)17-22(3)4/h15-16,23H,5-14,17H2,1-4H3. The maximum absolute atomic E-state index is 10.5. The number of unbranched alkanes of at least 4 members (excludes halogenated alkanes) is 5. The van der Waals surface area contributed by atoms with Crippen molar-refractivity contribution in [3.63, 3.8) is 0 Å². The summed E-state index contributed by atoms with van der Waals surface area (Å²) in [6.45, 7) is 5.19. The van der Waals surface area contributed by atoms with Crippen molar-refractivity contribution in [3.05, 3.63) is 28.8 Å². The second kappa shape index (κ2) is 12.7. The molecule has 0 amide bonds. The maximum atomic E-state index is 10.5. The Labute approximate surface area is 154 Å². The first-order chi connectivity index (χ1) is 11.5. The van der Waals surface area contributed by atoms with Crippen molar-refractivity contribution < 1.29 is 5.11 Å². The molecule has 2 nitrogen and oxygen atoms in total. The molecule has 0 aliphatic carbocycles. The molecule has 0 heterocycles. The second-order valence-corrected chi connectivity index (χ2v) is 8.38. The van der Waals surface area contributed by atoms with Crippen molar-refractivity contribution in [2.24, 2.45) is 0 Å². The molecule has 138 valence electrons. The largest absolute Gasteiger partial charge is 0.507 e. The van der Waals surface area contributed by atoms with Crippen LogP contribution < -0.4 is 0 Å². The van der Waals surface area contributed by atoms with E-state index >= 15 is 0 Å². The van der Waals surface area contributed by atoms with Gasteiger partial charge in [-0.3, -0.25) is 0 Å². The maximum Gasteiger partial charge on any atom is 0.123 e. The number of benzene rings is 1. The van der Waals surface area contributed by atoms with Gasteiger partial charge in [0, 0.05) is 12.1 Å². The van der Waals surface area contributed by atoms with Gasteiger partial charge in [0.2, 0.25) is 0 Å². The van der Waals surface area contributed by atoms with Crippen LogP contribution in [0.4, 0.5) is 0 Å². The minimum Gasteiger partial charge on any atom is -0.507 e. The summed E-state index contributed by atoms with van der Waals surface area (Å²) in [7, 11) is 4.08. The molecule has 1 aromatic carbocycles. The Kier molecular flexibility index (Phi) is 11.3. The number of nitrogens with zero attached hydrogens (tertiary/aromatic N) is 1. The van der Waals surface area contributed by atoms with Crippen LogP contribution in [0, 0.1) is 6.92 Å². The fraction of sp³-hybridized carbons (Fsp3) is 0.714. The summed E-state index contributed by atoms with van der Waals surface area (Å²) in [6, 6.07) is 4.25. The zero-order valence-corrected chi connectivity index (χ0v) is 17.1. The van der Waals surface area contributed by atoms with Crippen LogP contribution in [-0.2, 0) is 13.0 Å². The Morgan fingerprint density at radius 1 is 0.917 bits per heavy atom. The van der Waals surface area contributed by atoms with Gasteiger partial charge >= 0.3 is 0 Å². The number of aromatic hydroxyl groups is 1. The number of phenols is 1. The van der Waals surface area contributed by atoms with Gasteiger partial charge in [0.25, 0.3) is 0 Å². The van der Waals surface area contributed by atoms with E-state index < -0.39 is 0 Å². The molecule has 1 aromatic rings. The van der Waals surface area contributed by atoms with Gasteiger partial charge in [-0.2, -0.15) is 11.8 Å². The van der Waals surface area contributed by atoms with Gasteiger partial charge in [0.15, 0.2) is 0 Å². The number of aryl methyl sites for hydroxylation is 2. The Hall–Kier alpha value is -0.670. The molecule has 3 heteroatoms. The number of thioether (sulfide) groups is 1. The first kappa shape index (κ1) is 21.4. The van der Waals surface area contributed by atoms with Gasteiger partial charge in [0.05, 0.1) is 0 Å². The lowest BCUT2D eigenvalue weighted by Crippen LogP contribution is -2.11. The average molecular weight is 352 g/mol. The molecule has 0 saturated carbocycles. The van der Waals surface area contributed by atoms with Gasteiger partial charge in [-0.25, -0.2) is 0 Å². The van der Waals surface area contributed by atoms with Crippen LogP contribution in [0.1, 0.15) is 68.6 Å². The highest BCUT2D eigenvalue weighted by Gasteiger charge is 2.09. The topological polar surface area (TPSA) is 23.5 Å². The van der Waals surface area contributed by atoms with Crippen molar-refractivity contribution in [2.75, 3.05) is 25.6 Å². The monoisotopic (exact) mass is 351 g/mol. The van der Waals surface area contributed by atoms with E-state index in [9.17, 15) is 5.11 Å². The molecule has 0 saturated heterocycles. The second-order valence-electron chi connectivity index (χ2n) is 7.15.